The fourth-order valence-corrected chi connectivity index (χ4v) is 3.36. The van der Waals surface area contributed by atoms with E-state index >= 15 is 0 Å². The van der Waals surface area contributed by atoms with Crippen LogP contribution in [0.5, 0.6) is 5.75 Å². The van der Waals surface area contributed by atoms with E-state index in [1.165, 1.54) is 0 Å². The van der Waals surface area contributed by atoms with Gasteiger partial charge in [0, 0.05) is 25.8 Å². The summed E-state index contributed by atoms with van der Waals surface area (Å²) in [6.07, 6.45) is 1.27. The molecule has 1 aliphatic rings. The van der Waals surface area contributed by atoms with Crippen molar-refractivity contribution in [3.8, 4) is 5.75 Å². The van der Waals surface area contributed by atoms with Crippen LogP contribution in [0.2, 0.25) is 0 Å². The minimum atomic E-state index is -9.98. The summed E-state index contributed by atoms with van der Waals surface area (Å²) >= 11 is 3.61. The van der Waals surface area contributed by atoms with E-state index in [0.717, 1.165) is 12.1 Å². The number of nitrogens with one attached hydrogen (secondary N) is 1. The first kappa shape index (κ1) is 20.1. The summed E-state index contributed by atoms with van der Waals surface area (Å²) in [7, 11) is -9.98. The fourth-order valence-electron chi connectivity index (χ4n) is 2.40. The average molecular weight is 407 g/mol. The number of anilines is 1. The van der Waals surface area contributed by atoms with Gasteiger partial charge in [0.2, 0.25) is 0 Å². The largest absolute Gasteiger partial charge is 0.426 e. The maximum Gasteiger partial charge on any atom is 0.321 e. The molecular weight excluding hydrogens is 389 g/mol. The predicted octanol–water partition coefficient (Wildman–Crippen LogP) is 5.02. The van der Waals surface area contributed by atoms with E-state index in [1.54, 1.807) is 0 Å². The van der Waals surface area contributed by atoms with Crippen molar-refractivity contribution in [1.82, 2.24) is 0 Å². The zero-order chi connectivity index (χ0) is 18.8. The smallest absolute Gasteiger partial charge is 0.321 e. The van der Waals surface area contributed by atoms with Gasteiger partial charge in [-0.1, -0.05) is 19.4 Å². The van der Waals surface area contributed by atoms with Gasteiger partial charge in [0.15, 0.2) is 0 Å². The summed E-state index contributed by atoms with van der Waals surface area (Å²) in [5, 5.41) is 2.45. The second-order valence-electron chi connectivity index (χ2n) is 5.70. The first-order valence-electron chi connectivity index (χ1n) is 7.40. The van der Waals surface area contributed by atoms with Crippen molar-refractivity contribution in [1.29, 1.82) is 0 Å². The maximum atomic E-state index is 13.4. The summed E-state index contributed by atoms with van der Waals surface area (Å²) in [6.45, 7) is 1.08. The lowest BCUT2D eigenvalue weighted by atomic mass is 10.0. The average Bonchev–Trinajstić information content (AvgIpc) is 2.52. The Hall–Kier alpha value is -1.20. The van der Waals surface area contributed by atoms with Crippen LogP contribution in [0, 0.1) is 5.92 Å². The van der Waals surface area contributed by atoms with Crippen LogP contribution in [0.15, 0.2) is 23.1 Å². The molecule has 0 amide bonds. The highest BCUT2D eigenvalue weighted by Crippen LogP contribution is 3.03. The zero-order valence-electron chi connectivity index (χ0n) is 13.0. The Bertz CT molecular complexity index is 648. The Morgan fingerprint density at radius 2 is 1.88 bits per heavy atom. The second kappa shape index (κ2) is 6.51. The van der Waals surface area contributed by atoms with E-state index in [-0.39, 0.29) is 18.5 Å². The van der Waals surface area contributed by atoms with Crippen molar-refractivity contribution in [2.75, 3.05) is 30.8 Å². The number of benzene rings is 1. The molecule has 1 aromatic rings. The van der Waals surface area contributed by atoms with Gasteiger partial charge in [-0.05, 0) is 30.9 Å². The first-order chi connectivity index (χ1) is 11.4. The lowest BCUT2D eigenvalue weighted by Gasteiger charge is -2.42. The number of rotatable bonds is 6. The highest BCUT2D eigenvalue weighted by Gasteiger charge is 2.67. The molecule has 0 saturated carbocycles. The molecule has 1 aromatic carbocycles. The Labute approximate surface area is 147 Å². The van der Waals surface area contributed by atoms with E-state index in [0.29, 0.717) is 26.1 Å². The first-order valence-corrected chi connectivity index (χ1v) is 9.99. The lowest BCUT2D eigenvalue weighted by Crippen LogP contribution is -2.23. The number of thiol groups is 1. The molecule has 1 heterocycles. The van der Waals surface area contributed by atoms with Gasteiger partial charge in [0.1, 0.15) is 10.6 Å². The summed E-state index contributed by atoms with van der Waals surface area (Å²) < 4.78 is 76.5. The van der Waals surface area contributed by atoms with E-state index in [4.69, 9.17) is 4.74 Å². The number of carbonyl (C=O) groups is 1. The van der Waals surface area contributed by atoms with Gasteiger partial charge < -0.3 is 14.8 Å². The van der Waals surface area contributed by atoms with Crippen LogP contribution in [0.3, 0.4) is 0 Å². The normalized spacial score (nSPS) is 19.0. The Kier molecular flexibility index (Phi) is 5.24. The van der Waals surface area contributed by atoms with Crippen molar-refractivity contribution in [2.45, 2.75) is 17.7 Å². The van der Waals surface area contributed by atoms with Gasteiger partial charge >= 0.3 is 16.2 Å². The van der Waals surface area contributed by atoms with E-state index in [1.807, 2.05) is 0 Å². The topological polar surface area (TPSA) is 47.6 Å². The van der Waals surface area contributed by atoms with Crippen LogP contribution in [-0.4, -0.2) is 31.5 Å². The van der Waals surface area contributed by atoms with Crippen LogP contribution in [0.1, 0.15) is 12.8 Å². The molecule has 11 heteroatoms. The zero-order valence-corrected chi connectivity index (χ0v) is 14.7. The molecule has 1 saturated heterocycles. The molecule has 0 aromatic heterocycles. The highest BCUT2D eigenvalue weighted by molar-refractivity contribution is 8.45. The Morgan fingerprint density at radius 1 is 1.24 bits per heavy atom. The lowest BCUT2D eigenvalue weighted by molar-refractivity contribution is -0.131. The SMILES string of the molecule is O=C(CS)Oc1ccc(NCC2CCOCC2)c(S(F)(F)(F)(F)F)c1. The van der Waals surface area contributed by atoms with Crippen molar-refractivity contribution < 1.29 is 33.7 Å². The van der Waals surface area contributed by atoms with Crippen LogP contribution in [0.25, 0.3) is 0 Å². The monoisotopic (exact) mass is 407 g/mol. The molecule has 1 fully saturated rings. The highest BCUT2D eigenvalue weighted by atomic mass is 32.5. The van der Waals surface area contributed by atoms with Crippen LogP contribution in [-0.2, 0) is 9.53 Å². The van der Waals surface area contributed by atoms with Crippen LogP contribution >= 0.6 is 22.9 Å². The van der Waals surface area contributed by atoms with Crippen molar-refractivity contribution >= 4 is 34.5 Å². The van der Waals surface area contributed by atoms with E-state index < -0.39 is 38.3 Å². The fraction of sp³-hybridized carbons (Fsp3) is 0.500. The van der Waals surface area contributed by atoms with Gasteiger partial charge in [0.25, 0.3) is 0 Å². The molecule has 2 rings (SSSR count). The molecule has 0 radical (unpaired) electrons. The van der Waals surface area contributed by atoms with Crippen LogP contribution < -0.4 is 10.1 Å². The number of carbonyl (C=O) groups excluding carboxylic acids is 1. The van der Waals surface area contributed by atoms with Crippen molar-refractivity contribution in [2.24, 2.45) is 5.92 Å². The molecule has 1 N–H and O–H groups in total. The molecule has 0 unspecified atom stereocenters. The molecule has 144 valence electrons. The third kappa shape index (κ3) is 5.93. The van der Waals surface area contributed by atoms with Crippen molar-refractivity contribution in [3.63, 3.8) is 0 Å². The third-order valence-electron chi connectivity index (χ3n) is 3.65. The number of ether oxygens (including phenoxy) is 2. The molecule has 0 atom stereocenters. The molecule has 0 aliphatic carbocycles. The second-order valence-corrected chi connectivity index (χ2v) is 8.39. The van der Waals surface area contributed by atoms with Gasteiger partial charge in [-0.15, -0.1) is 0 Å². The van der Waals surface area contributed by atoms with Crippen molar-refractivity contribution in [3.05, 3.63) is 18.2 Å². The third-order valence-corrected chi connectivity index (χ3v) is 5.08. The van der Waals surface area contributed by atoms with Crippen LogP contribution in [0.4, 0.5) is 25.1 Å². The number of hydrogen-bond donors (Lipinski definition) is 2. The summed E-state index contributed by atoms with van der Waals surface area (Å²) in [4.78, 5) is 9.03. The summed E-state index contributed by atoms with van der Waals surface area (Å²) in [6, 6.07) is 2.02. The molecule has 4 nitrogen and oxygen atoms in total. The predicted molar refractivity (Wildman–Crippen MR) is 89.4 cm³/mol. The maximum absolute atomic E-state index is 13.4. The van der Waals surface area contributed by atoms with Gasteiger partial charge in [-0.25, -0.2) is 0 Å². The van der Waals surface area contributed by atoms with Gasteiger partial charge in [-0.2, -0.15) is 12.6 Å². The Morgan fingerprint density at radius 3 is 2.44 bits per heavy atom. The number of hydrogen-bond acceptors (Lipinski definition) is 5. The minimum absolute atomic E-state index is 0.0295. The van der Waals surface area contributed by atoms with E-state index in [9.17, 15) is 24.2 Å². The standard InChI is InChI=1S/C14H18F5NO3S2/c15-25(16,17,18,19)13-7-11(23-14(21)9-24)1-2-12(13)20-8-10-3-5-22-6-4-10/h1-2,7,10,20,24H,3-6,8-9H2. The summed E-state index contributed by atoms with van der Waals surface area (Å²) in [5.41, 5.74) is -0.740. The molecule has 25 heavy (non-hydrogen) atoms. The van der Waals surface area contributed by atoms with Gasteiger partial charge in [0.05, 0.1) is 11.4 Å². The quantitative estimate of drug-likeness (QED) is 0.301. The molecular formula is C14H18F5NO3S2. The molecule has 0 spiro atoms. The van der Waals surface area contributed by atoms with E-state index in [2.05, 4.69) is 22.7 Å². The van der Waals surface area contributed by atoms with Gasteiger partial charge in [-0.3, -0.25) is 4.79 Å². The molecule has 1 aliphatic heterocycles. The number of halogens is 5. The summed E-state index contributed by atoms with van der Waals surface area (Å²) in [5.74, 6) is -1.92. The Balaban J connectivity index is 2.30. The minimum Gasteiger partial charge on any atom is -0.426 e. The number of esters is 1. The molecule has 0 bridgehead atoms.